The number of piperidine rings is 1. The van der Waals surface area contributed by atoms with Crippen molar-refractivity contribution in [2.75, 3.05) is 33.2 Å². The number of carbonyl (C=O) groups excluding carboxylic acids is 1. The van der Waals surface area contributed by atoms with E-state index >= 15 is 0 Å². The van der Waals surface area contributed by atoms with E-state index in [1.165, 1.54) is 16.7 Å². The summed E-state index contributed by atoms with van der Waals surface area (Å²) in [6, 6.07) is 19.5. The van der Waals surface area contributed by atoms with Crippen molar-refractivity contribution in [3.05, 3.63) is 71.3 Å². The molecular weight excluding hydrogens is 525 g/mol. The molecule has 33 heavy (non-hydrogen) atoms. The Hall–Kier alpha value is -2.13. The third-order valence-electron chi connectivity index (χ3n) is 6.73. The molecule has 0 spiro atoms. The average molecular weight is 562 g/mol. The van der Waals surface area contributed by atoms with Crippen LogP contribution in [0.3, 0.4) is 0 Å². The topological polar surface area (TPSA) is 74.0 Å². The second-order valence-electron chi connectivity index (χ2n) is 9.04. The Morgan fingerprint density at radius 2 is 1.85 bits per heavy atom. The maximum absolute atomic E-state index is 11.6. The lowest BCUT2D eigenvalue weighted by Crippen LogP contribution is -2.40. The summed E-state index contributed by atoms with van der Waals surface area (Å²) in [5, 5.41) is 3.55. The molecule has 3 N–H and O–H groups in total. The van der Waals surface area contributed by atoms with Crippen LogP contribution in [0.1, 0.15) is 41.9 Å². The number of nitrogens with zero attached hydrogens (tertiary/aromatic N) is 3. The average Bonchev–Trinajstić information content (AvgIpc) is 3.31. The third kappa shape index (κ3) is 6.93. The summed E-state index contributed by atoms with van der Waals surface area (Å²) in [5.41, 5.74) is 9.46. The van der Waals surface area contributed by atoms with Crippen molar-refractivity contribution in [1.29, 1.82) is 0 Å². The van der Waals surface area contributed by atoms with E-state index in [-0.39, 0.29) is 35.8 Å². The monoisotopic (exact) mass is 561 g/mol. The lowest BCUT2D eigenvalue weighted by Gasteiger charge is -2.31. The smallest absolute Gasteiger partial charge is 0.221 e. The van der Waals surface area contributed by atoms with Gasteiger partial charge < -0.3 is 16.0 Å². The van der Waals surface area contributed by atoms with Gasteiger partial charge in [0, 0.05) is 45.7 Å². The number of guanidine groups is 1. The summed E-state index contributed by atoms with van der Waals surface area (Å²) in [4.78, 5) is 20.8. The number of nitrogens with two attached hydrogens (primary N) is 1. The molecule has 2 atom stereocenters. The molecule has 2 fully saturated rings. The normalized spacial score (nSPS) is 21.5. The summed E-state index contributed by atoms with van der Waals surface area (Å²) in [5.74, 6) is 1.34. The minimum Gasteiger partial charge on any atom is -0.369 e. The molecule has 2 aliphatic heterocycles. The highest BCUT2D eigenvalue weighted by atomic mass is 127. The predicted octanol–water partition coefficient (Wildman–Crippen LogP) is 3.57. The highest BCUT2D eigenvalue weighted by Crippen LogP contribution is 2.27. The Morgan fingerprint density at radius 3 is 2.61 bits per heavy atom. The van der Waals surface area contributed by atoms with E-state index < -0.39 is 0 Å². The quantitative estimate of drug-likeness (QED) is 0.322. The van der Waals surface area contributed by atoms with Gasteiger partial charge in [-0.1, -0.05) is 54.6 Å². The lowest BCUT2D eigenvalue weighted by atomic mass is 9.97. The predicted molar refractivity (Wildman–Crippen MR) is 145 cm³/mol. The Morgan fingerprint density at radius 1 is 1.06 bits per heavy atom. The van der Waals surface area contributed by atoms with Crippen LogP contribution in [0.15, 0.2) is 59.6 Å². The first kappa shape index (κ1) is 25.5. The van der Waals surface area contributed by atoms with Crippen LogP contribution in [0.2, 0.25) is 0 Å². The molecule has 4 rings (SSSR count). The van der Waals surface area contributed by atoms with Gasteiger partial charge in [-0.15, -0.1) is 24.0 Å². The number of likely N-dealkylation sites (tertiary alicyclic amines) is 2. The van der Waals surface area contributed by atoms with Crippen LogP contribution in [0.25, 0.3) is 0 Å². The van der Waals surface area contributed by atoms with Crippen LogP contribution in [0.4, 0.5) is 0 Å². The first-order valence-electron chi connectivity index (χ1n) is 11.7. The lowest BCUT2D eigenvalue weighted by molar-refractivity contribution is -0.123. The first-order valence-corrected chi connectivity index (χ1v) is 11.7. The van der Waals surface area contributed by atoms with Gasteiger partial charge >= 0.3 is 0 Å². The molecule has 2 unspecified atom stereocenters. The van der Waals surface area contributed by atoms with E-state index in [4.69, 9.17) is 5.73 Å². The van der Waals surface area contributed by atoms with Crippen LogP contribution in [-0.2, 0) is 17.9 Å². The van der Waals surface area contributed by atoms with Crippen molar-refractivity contribution < 1.29 is 4.79 Å². The van der Waals surface area contributed by atoms with Crippen molar-refractivity contribution >= 4 is 35.8 Å². The minimum atomic E-state index is -0.171. The fraction of sp³-hybridized carbons (Fsp3) is 0.462. The van der Waals surface area contributed by atoms with E-state index in [0.717, 1.165) is 64.5 Å². The highest BCUT2D eigenvalue weighted by Gasteiger charge is 2.26. The molecule has 2 aromatic carbocycles. The van der Waals surface area contributed by atoms with Gasteiger partial charge in [0.25, 0.3) is 0 Å². The molecule has 0 bridgehead atoms. The van der Waals surface area contributed by atoms with Crippen molar-refractivity contribution in [1.82, 2.24) is 15.1 Å². The number of carbonyl (C=O) groups is 1. The van der Waals surface area contributed by atoms with Crippen LogP contribution in [0, 0.1) is 5.92 Å². The fourth-order valence-electron chi connectivity index (χ4n) is 4.99. The fourth-order valence-corrected chi connectivity index (χ4v) is 4.99. The summed E-state index contributed by atoms with van der Waals surface area (Å²) in [6.45, 7) is 5.42. The standard InChI is InChI=1S/C26H35N5O.HI/c1-28-26(31-14-12-23(19-31)22-9-3-2-4-10-22)29-16-20-7-5-8-21(15-20)17-30-13-6-11-24(18-30)25(27)32;/h2-5,7-10,15,23-24H,6,11-14,16-19H2,1H3,(H2,27,32)(H,28,29);1H. The Bertz CT molecular complexity index is 935. The zero-order chi connectivity index (χ0) is 22.3. The molecule has 0 aromatic heterocycles. The number of hydrogen-bond donors (Lipinski definition) is 2. The number of halogens is 1. The second-order valence-corrected chi connectivity index (χ2v) is 9.04. The molecule has 2 saturated heterocycles. The van der Waals surface area contributed by atoms with Crippen molar-refractivity contribution in [2.24, 2.45) is 16.6 Å². The molecule has 2 heterocycles. The zero-order valence-corrected chi connectivity index (χ0v) is 21.8. The Labute approximate surface area is 214 Å². The van der Waals surface area contributed by atoms with Crippen LogP contribution < -0.4 is 11.1 Å². The molecule has 0 radical (unpaired) electrons. The van der Waals surface area contributed by atoms with E-state index in [0.29, 0.717) is 5.92 Å². The van der Waals surface area contributed by atoms with Gasteiger partial charge in [0.2, 0.25) is 5.91 Å². The molecule has 1 amide bonds. The molecule has 7 heteroatoms. The summed E-state index contributed by atoms with van der Waals surface area (Å²) in [6.07, 6.45) is 3.10. The zero-order valence-electron chi connectivity index (χ0n) is 19.5. The molecule has 6 nitrogen and oxygen atoms in total. The summed E-state index contributed by atoms with van der Waals surface area (Å²) < 4.78 is 0. The minimum absolute atomic E-state index is 0. The van der Waals surface area contributed by atoms with Gasteiger partial charge in [-0.25, -0.2) is 0 Å². The van der Waals surface area contributed by atoms with Gasteiger partial charge in [0.1, 0.15) is 0 Å². The Balaban J connectivity index is 0.00000306. The van der Waals surface area contributed by atoms with Gasteiger partial charge in [-0.2, -0.15) is 0 Å². The molecule has 2 aliphatic rings. The maximum Gasteiger partial charge on any atom is 0.221 e. The highest BCUT2D eigenvalue weighted by molar-refractivity contribution is 14.0. The molecular formula is C26H36IN5O. The SMILES string of the molecule is CN=C(NCc1cccc(CN2CCCC(C(N)=O)C2)c1)N1CCC(c2ccccc2)C1.I. The van der Waals surface area contributed by atoms with Crippen molar-refractivity contribution in [3.63, 3.8) is 0 Å². The Kier molecular flexibility index (Phi) is 9.55. The molecule has 178 valence electrons. The van der Waals surface area contributed by atoms with Crippen molar-refractivity contribution in [3.8, 4) is 0 Å². The number of nitrogens with one attached hydrogen (secondary N) is 1. The van der Waals surface area contributed by atoms with Gasteiger partial charge in [0.15, 0.2) is 5.96 Å². The van der Waals surface area contributed by atoms with E-state index in [1.807, 2.05) is 7.05 Å². The number of primary amides is 1. The van der Waals surface area contributed by atoms with Gasteiger partial charge in [-0.3, -0.25) is 14.7 Å². The van der Waals surface area contributed by atoms with Crippen LogP contribution in [-0.4, -0.2) is 54.9 Å². The van der Waals surface area contributed by atoms with Crippen LogP contribution >= 0.6 is 24.0 Å². The second kappa shape index (κ2) is 12.4. The van der Waals surface area contributed by atoms with Crippen molar-refractivity contribution in [2.45, 2.75) is 38.3 Å². The van der Waals surface area contributed by atoms with E-state index in [2.05, 4.69) is 74.7 Å². The molecule has 2 aromatic rings. The number of amides is 1. The largest absolute Gasteiger partial charge is 0.369 e. The van der Waals surface area contributed by atoms with Gasteiger partial charge in [0.05, 0.1) is 5.92 Å². The number of aliphatic imine (C=N–C) groups is 1. The van der Waals surface area contributed by atoms with Gasteiger partial charge in [-0.05, 0) is 42.5 Å². The molecule has 0 aliphatic carbocycles. The number of benzene rings is 2. The first-order chi connectivity index (χ1) is 15.6. The van der Waals surface area contributed by atoms with E-state index in [9.17, 15) is 4.79 Å². The number of rotatable bonds is 6. The summed E-state index contributed by atoms with van der Waals surface area (Å²) >= 11 is 0. The number of hydrogen-bond acceptors (Lipinski definition) is 3. The maximum atomic E-state index is 11.6. The van der Waals surface area contributed by atoms with E-state index in [1.54, 1.807) is 0 Å². The molecule has 0 saturated carbocycles. The van der Waals surface area contributed by atoms with Crippen LogP contribution in [0.5, 0.6) is 0 Å². The third-order valence-corrected chi connectivity index (χ3v) is 6.73. The summed E-state index contributed by atoms with van der Waals surface area (Å²) in [7, 11) is 1.86.